The number of nitrogens with two attached hydrogens (primary N) is 1. The van der Waals surface area contributed by atoms with Crippen molar-refractivity contribution in [2.45, 2.75) is 19.3 Å². The molecule has 0 heterocycles. The Hall–Kier alpha value is -1.88. The predicted octanol–water partition coefficient (Wildman–Crippen LogP) is 0.371. The Morgan fingerprint density at radius 3 is 2.26 bits per heavy atom. The lowest BCUT2D eigenvalue weighted by Gasteiger charge is -2.12. The van der Waals surface area contributed by atoms with Gasteiger partial charge >= 0.3 is 11.8 Å². The maximum Gasteiger partial charge on any atom is 0.309 e. The highest BCUT2D eigenvalue weighted by molar-refractivity contribution is 6.35. The first-order valence-corrected chi connectivity index (χ1v) is 6.46. The highest BCUT2D eigenvalue weighted by atomic mass is 16.2. The summed E-state index contributed by atoms with van der Waals surface area (Å²) in [5, 5.41) is 5.03. The quantitative estimate of drug-likeness (QED) is 0.648. The summed E-state index contributed by atoms with van der Waals surface area (Å²) in [6, 6.07) is 10.1. The number of carbonyl (C=O) groups is 2. The summed E-state index contributed by atoms with van der Waals surface area (Å²) in [5.74, 6) is -0.889. The third kappa shape index (κ3) is 5.52. The zero-order valence-electron chi connectivity index (χ0n) is 11.2. The van der Waals surface area contributed by atoms with Crippen LogP contribution < -0.4 is 16.4 Å². The second-order valence-corrected chi connectivity index (χ2v) is 4.40. The van der Waals surface area contributed by atoms with E-state index in [1.54, 1.807) is 0 Å². The first-order valence-electron chi connectivity index (χ1n) is 6.46. The van der Waals surface area contributed by atoms with Gasteiger partial charge in [0.25, 0.3) is 0 Å². The Kier molecular flexibility index (Phi) is 6.60. The molecule has 0 aliphatic carbocycles. The molecular weight excluding hydrogens is 242 g/mol. The minimum atomic E-state index is -0.627. The Morgan fingerprint density at radius 2 is 1.68 bits per heavy atom. The van der Waals surface area contributed by atoms with Crippen molar-refractivity contribution in [1.29, 1.82) is 0 Å². The molecule has 1 aromatic rings. The molecule has 0 fully saturated rings. The molecule has 19 heavy (non-hydrogen) atoms. The van der Waals surface area contributed by atoms with E-state index in [1.165, 1.54) is 5.56 Å². The molecule has 0 saturated heterocycles. The number of benzene rings is 1. The molecule has 4 N–H and O–H groups in total. The largest absolute Gasteiger partial charge is 0.348 e. The van der Waals surface area contributed by atoms with Gasteiger partial charge in [0.2, 0.25) is 0 Å². The fraction of sp³-hybridized carbons (Fsp3) is 0.429. The molecule has 0 radical (unpaired) electrons. The van der Waals surface area contributed by atoms with Gasteiger partial charge in [-0.25, -0.2) is 0 Å². The van der Waals surface area contributed by atoms with E-state index in [1.807, 2.05) is 18.2 Å². The maximum absolute atomic E-state index is 11.4. The molecule has 5 nitrogen and oxygen atoms in total. The average molecular weight is 263 g/mol. The van der Waals surface area contributed by atoms with E-state index >= 15 is 0 Å². The number of nitrogens with one attached hydrogen (secondary N) is 2. The van der Waals surface area contributed by atoms with E-state index in [2.05, 4.69) is 29.7 Å². The van der Waals surface area contributed by atoms with Gasteiger partial charge < -0.3 is 16.4 Å². The first kappa shape index (κ1) is 15.2. The molecule has 1 unspecified atom stereocenters. The van der Waals surface area contributed by atoms with Crippen molar-refractivity contribution < 1.29 is 9.59 Å². The van der Waals surface area contributed by atoms with Crippen molar-refractivity contribution in [3.63, 3.8) is 0 Å². The summed E-state index contributed by atoms with van der Waals surface area (Å²) in [4.78, 5) is 22.7. The molecule has 1 atom stereocenters. The molecule has 0 saturated carbocycles. The van der Waals surface area contributed by atoms with Crippen LogP contribution >= 0.6 is 0 Å². The molecular formula is C14H21N3O2. The number of amides is 2. The summed E-state index contributed by atoms with van der Waals surface area (Å²) in [5.41, 5.74) is 6.46. The van der Waals surface area contributed by atoms with Crippen LogP contribution in [0.5, 0.6) is 0 Å². The van der Waals surface area contributed by atoms with Crippen LogP contribution in [0.3, 0.4) is 0 Å². The molecule has 1 aromatic carbocycles. The predicted molar refractivity (Wildman–Crippen MR) is 74.5 cm³/mol. The van der Waals surface area contributed by atoms with Gasteiger partial charge in [0.15, 0.2) is 0 Å². The van der Waals surface area contributed by atoms with Crippen LogP contribution in [-0.4, -0.2) is 31.4 Å². The highest BCUT2D eigenvalue weighted by Gasteiger charge is 2.12. The fourth-order valence-electron chi connectivity index (χ4n) is 1.70. The van der Waals surface area contributed by atoms with Crippen LogP contribution in [0.1, 0.15) is 24.8 Å². The topological polar surface area (TPSA) is 84.2 Å². The van der Waals surface area contributed by atoms with Gasteiger partial charge in [0.05, 0.1) is 0 Å². The summed E-state index contributed by atoms with van der Waals surface area (Å²) < 4.78 is 0. The van der Waals surface area contributed by atoms with Crippen LogP contribution in [0.25, 0.3) is 0 Å². The lowest BCUT2D eigenvalue weighted by Crippen LogP contribution is -2.42. The maximum atomic E-state index is 11.4. The lowest BCUT2D eigenvalue weighted by atomic mass is 9.98. The molecule has 0 aliphatic heterocycles. The van der Waals surface area contributed by atoms with Gasteiger partial charge in [-0.1, -0.05) is 37.3 Å². The van der Waals surface area contributed by atoms with Gasteiger partial charge in [-0.15, -0.1) is 0 Å². The van der Waals surface area contributed by atoms with E-state index in [9.17, 15) is 9.59 Å². The standard InChI is InChI=1S/C14H21N3O2/c1-11(12-5-3-2-4-6-12)7-9-16-13(18)14(19)17-10-8-15/h2-6,11H,7-10,15H2,1H3,(H,16,18)(H,17,19). The van der Waals surface area contributed by atoms with Crippen LogP contribution in [0, 0.1) is 0 Å². The van der Waals surface area contributed by atoms with Gasteiger partial charge in [0.1, 0.15) is 0 Å². The summed E-state index contributed by atoms with van der Waals surface area (Å²) in [6.07, 6.45) is 0.792. The molecule has 0 bridgehead atoms. The van der Waals surface area contributed by atoms with Crippen LogP contribution in [-0.2, 0) is 9.59 Å². The second-order valence-electron chi connectivity index (χ2n) is 4.40. The van der Waals surface area contributed by atoms with E-state index in [4.69, 9.17) is 5.73 Å². The molecule has 104 valence electrons. The highest BCUT2D eigenvalue weighted by Crippen LogP contribution is 2.17. The first-order chi connectivity index (χ1) is 9.15. The van der Waals surface area contributed by atoms with Crippen LogP contribution in [0.15, 0.2) is 30.3 Å². The van der Waals surface area contributed by atoms with E-state index in [0.717, 1.165) is 6.42 Å². The third-order valence-corrected chi connectivity index (χ3v) is 2.87. The molecule has 0 spiro atoms. The van der Waals surface area contributed by atoms with Gasteiger partial charge in [-0.2, -0.15) is 0 Å². The SMILES string of the molecule is CC(CCNC(=O)C(=O)NCCN)c1ccccc1. The van der Waals surface area contributed by atoms with Crippen molar-refractivity contribution >= 4 is 11.8 Å². The van der Waals surface area contributed by atoms with Crippen molar-refractivity contribution in [2.24, 2.45) is 5.73 Å². The normalized spacial score (nSPS) is 11.7. The minimum Gasteiger partial charge on any atom is -0.348 e. The Labute approximate surface area is 113 Å². The lowest BCUT2D eigenvalue weighted by molar-refractivity contribution is -0.139. The Bertz CT molecular complexity index is 406. The minimum absolute atomic E-state index is 0.312. The number of rotatable bonds is 6. The summed E-state index contributed by atoms with van der Waals surface area (Å²) in [6.45, 7) is 3.21. The second kappa shape index (κ2) is 8.26. The van der Waals surface area contributed by atoms with Crippen LogP contribution in [0.2, 0.25) is 0 Å². The number of carbonyl (C=O) groups excluding carboxylic acids is 2. The van der Waals surface area contributed by atoms with Gasteiger partial charge in [-0.05, 0) is 17.9 Å². The van der Waals surface area contributed by atoms with Crippen molar-refractivity contribution in [2.75, 3.05) is 19.6 Å². The van der Waals surface area contributed by atoms with Gasteiger partial charge in [-0.3, -0.25) is 9.59 Å². The summed E-state index contributed by atoms with van der Waals surface area (Å²) in [7, 11) is 0. The third-order valence-electron chi connectivity index (χ3n) is 2.87. The molecule has 0 aliphatic rings. The fourth-order valence-corrected chi connectivity index (χ4v) is 1.70. The molecule has 1 rings (SSSR count). The Morgan fingerprint density at radius 1 is 1.11 bits per heavy atom. The van der Waals surface area contributed by atoms with Gasteiger partial charge in [0, 0.05) is 19.6 Å². The van der Waals surface area contributed by atoms with Crippen molar-refractivity contribution in [3.8, 4) is 0 Å². The van der Waals surface area contributed by atoms with Crippen LogP contribution in [0.4, 0.5) is 0 Å². The van der Waals surface area contributed by atoms with E-state index < -0.39 is 11.8 Å². The number of hydrogen-bond donors (Lipinski definition) is 3. The van der Waals surface area contributed by atoms with E-state index in [-0.39, 0.29) is 0 Å². The zero-order chi connectivity index (χ0) is 14.1. The zero-order valence-corrected chi connectivity index (χ0v) is 11.2. The molecule has 0 aromatic heterocycles. The molecule has 5 heteroatoms. The smallest absolute Gasteiger partial charge is 0.309 e. The number of hydrogen-bond acceptors (Lipinski definition) is 3. The average Bonchev–Trinajstić information content (AvgIpc) is 2.45. The summed E-state index contributed by atoms with van der Waals surface area (Å²) >= 11 is 0. The van der Waals surface area contributed by atoms with Crippen molar-refractivity contribution in [1.82, 2.24) is 10.6 Å². The monoisotopic (exact) mass is 263 g/mol. The Balaban J connectivity index is 2.26. The van der Waals surface area contributed by atoms with Crippen molar-refractivity contribution in [3.05, 3.63) is 35.9 Å². The molecule has 2 amide bonds. The van der Waals surface area contributed by atoms with E-state index in [0.29, 0.717) is 25.6 Å².